The van der Waals surface area contributed by atoms with E-state index in [0.717, 1.165) is 22.7 Å². The largest absolute Gasteiger partial charge is 0.366 e. The monoisotopic (exact) mass is 382 g/mol. The third-order valence-corrected chi connectivity index (χ3v) is 5.42. The Morgan fingerprint density at radius 3 is 2.28 bits per heavy atom. The number of sulfone groups is 1. The lowest BCUT2D eigenvalue weighted by Gasteiger charge is -2.25. The molecule has 0 aliphatic carbocycles. The summed E-state index contributed by atoms with van der Waals surface area (Å²) >= 11 is 1.56. The van der Waals surface area contributed by atoms with Crippen LogP contribution in [0.1, 0.15) is 12.5 Å². The van der Waals surface area contributed by atoms with Gasteiger partial charge in [0.15, 0.2) is 0 Å². The third kappa shape index (κ3) is 7.05. The standard InChI is InChI=1S/C18H23FN2O2S2/c1-3-20-24-18-10-8-17(9-11-18)21(12-13-25(2,22)23)14-15-4-6-16(19)7-5-15/h4-11,20H,3,12-14H2,1-2H3. The van der Waals surface area contributed by atoms with Crippen molar-refractivity contribution >= 4 is 27.5 Å². The van der Waals surface area contributed by atoms with Crippen LogP contribution in [0.4, 0.5) is 10.1 Å². The summed E-state index contributed by atoms with van der Waals surface area (Å²) in [6, 6.07) is 14.2. The van der Waals surface area contributed by atoms with E-state index < -0.39 is 9.84 Å². The Morgan fingerprint density at radius 1 is 1.08 bits per heavy atom. The predicted molar refractivity (Wildman–Crippen MR) is 103 cm³/mol. The maximum absolute atomic E-state index is 13.1. The fourth-order valence-electron chi connectivity index (χ4n) is 2.27. The zero-order valence-corrected chi connectivity index (χ0v) is 16.0. The molecule has 0 heterocycles. The quantitative estimate of drug-likeness (QED) is 0.673. The van der Waals surface area contributed by atoms with Crippen LogP contribution < -0.4 is 9.62 Å². The summed E-state index contributed by atoms with van der Waals surface area (Å²) in [6.07, 6.45) is 1.24. The highest BCUT2D eigenvalue weighted by molar-refractivity contribution is 7.97. The lowest BCUT2D eigenvalue weighted by atomic mass is 10.2. The normalized spacial score (nSPS) is 11.5. The van der Waals surface area contributed by atoms with E-state index in [2.05, 4.69) is 4.72 Å². The highest BCUT2D eigenvalue weighted by Crippen LogP contribution is 2.22. The average Bonchev–Trinajstić information content (AvgIpc) is 2.58. The van der Waals surface area contributed by atoms with Crippen LogP contribution in [-0.2, 0) is 16.4 Å². The van der Waals surface area contributed by atoms with Crippen molar-refractivity contribution in [3.05, 3.63) is 59.9 Å². The maximum atomic E-state index is 13.1. The molecule has 0 saturated heterocycles. The zero-order chi connectivity index (χ0) is 18.3. The predicted octanol–water partition coefficient (Wildman–Crippen LogP) is 3.49. The zero-order valence-electron chi connectivity index (χ0n) is 14.4. The lowest BCUT2D eigenvalue weighted by molar-refractivity contribution is 0.600. The number of benzene rings is 2. The van der Waals surface area contributed by atoms with Crippen molar-refractivity contribution in [2.24, 2.45) is 0 Å². The van der Waals surface area contributed by atoms with Gasteiger partial charge in [0.25, 0.3) is 0 Å². The van der Waals surface area contributed by atoms with Gasteiger partial charge in [-0.3, -0.25) is 4.72 Å². The Balaban J connectivity index is 2.16. The smallest absolute Gasteiger partial charge is 0.149 e. The second-order valence-corrected chi connectivity index (χ2v) is 9.00. The molecule has 0 amide bonds. The molecule has 0 saturated carbocycles. The van der Waals surface area contributed by atoms with E-state index in [1.54, 1.807) is 24.1 Å². The van der Waals surface area contributed by atoms with Crippen LogP contribution in [0.25, 0.3) is 0 Å². The number of nitrogens with one attached hydrogen (secondary N) is 1. The van der Waals surface area contributed by atoms with Gasteiger partial charge in [0.05, 0.1) is 5.75 Å². The fourth-order valence-corrected chi connectivity index (χ4v) is 3.40. The van der Waals surface area contributed by atoms with Crippen LogP contribution in [0.15, 0.2) is 53.4 Å². The van der Waals surface area contributed by atoms with E-state index in [1.807, 2.05) is 36.1 Å². The Bertz CT molecular complexity index is 763. The molecular weight excluding hydrogens is 359 g/mol. The summed E-state index contributed by atoms with van der Waals surface area (Å²) in [4.78, 5) is 3.09. The van der Waals surface area contributed by atoms with E-state index in [4.69, 9.17) is 0 Å². The Morgan fingerprint density at radius 2 is 1.72 bits per heavy atom. The highest BCUT2D eigenvalue weighted by Gasteiger charge is 2.11. The minimum absolute atomic E-state index is 0.0715. The minimum Gasteiger partial charge on any atom is -0.366 e. The van der Waals surface area contributed by atoms with Gasteiger partial charge in [-0.25, -0.2) is 12.8 Å². The number of hydrogen-bond acceptors (Lipinski definition) is 5. The number of anilines is 1. The molecule has 0 aliphatic rings. The molecule has 2 aromatic carbocycles. The molecule has 7 heteroatoms. The van der Waals surface area contributed by atoms with Gasteiger partial charge in [-0.15, -0.1) is 0 Å². The van der Waals surface area contributed by atoms with Gasteiger partial charge in [-0.2, -0.15) is 0 Å². The molecule has 1 N–H and O–H groups in total. The summed E-state index contributed by atoms with van der Waals surface area (Å²) in [5, 5.41) is 0. The molecule has 0 unspecified atom stereocenters. The number of rotatable bonds is 9. The second kappa shape index (κ2) is 9.22. The van der Waals surface area contributed by atoms with Crippen molar-refractivity contribution in [2.45, 2.75) is 18.4 Å². The minimum atomic E-state index is -3.06. The van der Waals surface area contributed by atoms with E-state index in [0.29, 0.717) is 13.1 Å². The first kappa shape index (κ1) is 19.8. The van der Waals surface area contributed by atoms with Crippen LogP contribution in [0.5, 0.6) is 0 Å². The summed E-state index contributed by atoms with van der Waals surface area (Å²) < 4.78 is 39.4. The topological polar surface area (TPSA) is 49.4 Å². The summed E-state index contributed by atoms with van der Waals surface area (Å²) in [5.74, 6) is -0.210. The molecule has 2 aromatic rings. The van der Waals surface area contributed by atoms with Crippen LogP contribution in [0.3, 0.4) is 0 Å². The van der Waals surface area contributed by atoms with Gasteiger partial charge in [0.1, 0.15) is 15.7 Å². The van der Waals surface area contributed by atoms with Crippen molar-refractivity contribution in [2.75, 3.05) is 30.0 Å². The second-order valence-electron chi connectivity index (χ2n) is 5.77. The van der Waals surface area contributed by atoms with Gasteiger partial charge >= 0.3 is 0 Å². The van der Waals surface area contributed by atoms with Crippen molar-refractivity contribution in [1.82, 2.24) is 4.72 Å². The van der Waals surface area contributed by atoms with Gasteiger partial charge < -0.3 is 4.90 Å². The summed E-state index contributed by atoms with van der Waals surface area (Å²) in [6.45, 7) is 3.82. The number of halogens is 1. The first-order chi connectivity index (χ1) is 11.9. The van der Waals surface area contributed by atoms with Crippen LogP contribution in [0, 0.1) is 5.82 Å². The Labute approximate surface area is 153 Å². The first-order valence-electron chi connectivity index (χ1n) is 8.04. The van der Waals surface area contributed by atoms with Crippen LogP contribution in [0.2, 0.25) is 0 Å². The number of hydrogen-bond donors (Lipinski definition) is 1. The Kier molecular flexibility index (Phi) is 7.28. The average molecular weight is 383 g/mol. The SMILES string of the molecule is CCNSc1ccc(N(CCS(C)(=O)=O)Cc2ccc(F)cc2)cc1. The maximum Gasteiger partial charge on any atom is 0.149 e. The third-order valence-electron chi connectivity index (χ3n) is 3.55. The van der Waals surface area contributed by atoms with Crippen molar-refractivity contribution in [3.63, 3.8) is 0 Å². The fraction of sp³-hybridized carbons (Fsp3) is 0.333. The van der Waals surface area contributed by atoms with Gasteiger partial charge in [0.2, 0.25) is 0 Å². The Hall–Kier alpha value is -1.57. The van der Waals surface area contributed by atoms with E-state index in [-0.39, 0.29) is 11.6 Å². The van der Waals surface area contributed by atoms with Gasteiger partial charge in [-0.05, 0) is 53.9 Å². The summed E-state index contributed by atoms with van der Waals surface area (Å²) in [5.41, 5.74) is 1.87. The van der Waals surface area contributed by atoms with Crippen molar-refractivity contribution < 1.29 is 12.8 Å². The number of nitrogens with zero attached hydrogens (tertiary/aromatic N) is 1. The molecule has 0 aromatic heterocycles. The molecule has 0 radical (unpaired) electrons. The van der Waals surface area contributed by atoms with E-state index in [9.17, 15) is 12.8 Å². The van der Waals surface area contributed by atoms with Crippen molar-refractivity contribution in [3.8, 4) is 0 Å². The van der Waals surface area contributed by atoms with E-state index in [1.165, 1.54) is 18.4 Å². The molecule has 0 fully saturated rings. The highest BCUT2D eigenvalue weighted by atomic mass is 32.2. The molecule has 136 valence electrons. The van der Waals surface area contributed by atoms with Gasteiger partial charge in [-0.1, -0.05) is 19.1 Å². The summed E-state index contributed by atoms with van der Waals surface area (Å²) in [7, 11) is -3.06. The molecule has 0 bridgehead atoms. The van der Waals surface area contributed by atoms with E-state index >= 15 is 0 Å². The molecule has 25 heavy (non-hydrogen) atoms. The van der Waals surface area contributed by atoms with Crippen molar-refractivity contribution in [1.29, 1.82) is 0 Å². The molecule has 4 nitrogen and oxygen atoms in total. The molecule has 0 aliphatic heterocycles. The molecular formula is C18H23FN2O2S2. The van der Waals surface area contributed by atoms with Crippen LogP contribution >= 0.6 is 11.9 Å². The molecule has 0 spiro atoms. The first-order valence-corrected chi connectivity index (χ1v) is 10.9. The van der Waals surface area contributed by atoms with Crippen LogP contribution in [-0.4, -0.2) is 33.5 Å². The molecule has 2 rings (SSSR count). The molecule has 0 atom stereocenters. The lowest BCUT2D eigenvalue weighted by Crippen LogP contribution is -2.28. The van der Waals surface area contributed by atoms with Gasteiger partial charge in [0, 0.05) is 36.5 Å².